The molecule has 2 N–H and O–H groups in total. The van der Waals surface area contributed by atoms with Gasteiger partial charge in [0, 0.05) is 19.1 Å². The molecule has 5 nitrogen and oxygen atoms in total. The molecule has 2 aliphatic rings. The van der Waals surface area contributed by atoms with E-state index in [0.29, 0.717) is 13.0 Å². The average molecular weight is 352 g/mol. The fourth-order valence-corrected chi connectivity index (χ4v) is 3.48. The lowest BCUT2D eigenvalue weighted by atomic mass is 10.1. The van der Waals surface area contributed by atoms with Crippen LogP contribution in [-0.4, -0.2) is 48.4 Å². The number of rotatable bonds is 4. The van der Waals surface area contributed by atoms with Crippen molar-refractivity contribution in [3.8, 4) is 0 Å². The van der Waals surface area contributed by atoms with Crippen molar-refractivity contribution in [2.24, 2.45) is 0 Å². The first-order chi connectivity index (χ1) is 11.2. The van der Waals surface area contributed by atoms with Gasteiger partial charge in [-0.3, -0.25) is 9.59 Å². The van der Waals surface area contributed by atoms with Gasteiger partial charge in [0.2, 0.25) is 11.8 Å². The zero-order valence-corrected chi connectivity index (χ0v) is 14.7. The number of hydrogen-bond donors (Lipinski definition) is 2. The van der Waals surface area contributed by atoms with Gasteiger partial charge in [-0.25, -0.2) is 0 Å². The lowest BCUT2D eigenvalue weighted by Gasteiger charge is -2.28. The number of halogens is 1. The summed E-state index contributed by atoms with van der Waals surface area (Å²) in [5.74, 6) is 0.0632. The van der Waals surface area contributed by atoms with E-state index >= 15 is 0 Å². The lowest BCUT2D eigenvalue weighted by Crippen LogP contribution is -2.52. The number of piperidine rings is 1. The summed E-state index contributed by atoms with van der Waals surface area (Å²) in [7, 11) is 0. The maximum absolute atomic E-state index is 12.6. The molecule has 0 saturated carbocycles. The number of amides is 2. The van der Waals surface area contributed by atoms with E-state index < -0.39 is 0 Å². The van der Waals surface area contributed by atoms with E-state index in [9.17, 15) is 9.59 Å². The molecule has 2 saturated heterocycles. The molecule has 2 aliphatic heterocycles. The summed E-state index contributed by atoms with van der Waals surface area (Å²) in [6.07, 6.45) is 4.15. The number of carbonyl (C=O) groups is 2. The number of nitrogens with one attached hydrogen (secondary N) is 2. The molecule has 1 aromatic carbocycles. The van der Waals surface area contributed by atoms with Crippen LogP contribution in [0.2, 0.25) is 0 Å². The van der Waals surface area contributed by atoms with Gasteiger partial charge in [0.15, 0.2) is 0 Å². The second kappa shape index (κ2) is 9.04. The highest BCUT2D eigenvalue weighted by Gasteiger charge is 2.34. The van der Waals surface area contributed by atoms with Gasteiger partial charge in [-0.1, -0.05) is 30.3 Å². The maximum Gasteiger partial charge on any atom is 0.243 e. The van der Waals surface area contributed by atoms with E-state index in [4.69, 9.17) is 0 Å². The standard InChI is InChI=1S/C18H25N3O2.ClH/c22-17(12-14-6-2-1-3-7-14)21-11-5-9-16(21)18(23)20-15-8-4-10-19-13-15;/h1-3,6-7,15-16,19H,4-5,8-13H2,(H,20,23);1H. The maximum atomic E-state index is 12.6. The molecule has 2 atom stereocenters. The monoisotopic (exact) mass is 351 g/mol. The second-order valence-electron chi connectivity index (χ2n) is 6.46. The van der Waals surface area contributed by atoms with Crippen LogP contribution in [0.5, 0.6) is 0 Å². The Bertz CT molecular complexity index is 546. The Balaban J connectivity index is 0.00000208. The van der Waals surface area contributed by atoms with Gasteiger partial charge < -0.3 is 15.5 Å². The molecule has 0 aliphatic carbocycles. The number of hydrogen-bond acceptors (Lipinski definition) is 3. The first-order valence-electron chi connectivity index (χ1n) is 8.58. The number of carbonyl (C=O) groups excluding carboxylic acids is 2. The van der Waals surface area contributed by atoms with Gasteiger partial charge in [-0.05, 0) is 37.8 Å². The van der Waals surface area contributed by atoms with E-state index in [1.807, 2.05) is 30.3 Å². The van der Waals surface area contributed by atoms with Crippen LogP contribution in [0.4, 0.5) is 0 Å². The van der Waals surface area contributed by atoms with Gasteiger partial charge in [0.05, 0.1) is 6.42 Å². The molecule has 24 heavy (non-hydrogen) atoms. The van der Waals surface area contributed by atoms with Crippen molar-refractivity contribution in [1.82, 2.24) is 15.5 Å². The largest absolute Gasteiger partial charge is 0.350 e. The summed E-state index contributed by atoms with van der Waals surface area (Å²) >= 11 is 0. The summed E-state index contributed by atoms with van der Waals surface area (Å²) in [6.45, 7) is 2.54. The van der Waals surface area contributed by atoms with Crippen molar-refractivity contribution in [3.63, 3.8) is 0 Å². The van der Waals surface area contributed by atoms with Crippen molar-refractivity contribution in [3.05, 3.63) is 35.9 Å². The lowest BCUT2D eigenvalue weighted by molar-refractivity contribution is -0.138. The van der Waals surface area contributed by atoms with E-state index in [1.165, 1.54) is 0 Å². The van der Waals surface area contributed by atoms with Crippen LogP contribution in [0, 0.1) is 0 Å². The van der Waals surface area contributed by atoms with Gasteiger partial charge in [-0.2, -0.15) is 0 Å². The van der Waals surface area contributed by atoms with Crippen molar-refractivity contribution in [1.29, 1.82) is 0 Å². The molecular weight excluding hydrogens is 326 g/mol. The van der Waals surface area contributed by atoms with Gasteiger partial charge in [-0.15, -0.1) is 12.4 Å². The summed E-state index contributed by atoms with van der Waals surface area (Å²) in [5, 5.41) is 6.42. The number of nitrogens with zero attached hydrogens (tertiary/aromatic N) is 1. The van der Waals surface area contributed by atoms with Crippen LogP contribution in [0.25, 0.3) is 0 Å². The Hall–Kier alpha value is -1.59. The quantitative estimate of drug-likeness (QED) is 0.864. The third-order valence-electron chi connectivity index (χ3n) is 4.72. The van der Waals surface area contributed by atoms with Crippen molar-refractivity contribution < 1.29 is 9.59 Å². The molecule has 0 bridgehead atoms. The highest BCUT2D eigenvalue weighted by atomic mass is 35.5. The zero-order chi connectivity index (χ0) is 16.1. The van der Waals surface area contributed by atoms with E-state index in [0.717, 1.165) is 44.3 Å². The highest BCUT2D eigenvalue weighted by Crippen LogP contribution is 2.19. The molecule has 1 aromatic rings. The topological polar surface area (TPSA) is 61.4 Å². The average Bonchev–Trinajstić information content (AvgIpc) is 3.06. The number of likely N-dealkylation sites (tertiary alicyclic amines) is 1. The fourth-order valence-electron chi connectivity index (χ4n) is 3.48. The molecule has 2 heterocycles. The molecule has 0 spiro atoms. The zero-order valence-electron chi connectivity index (χ0n) is 13.9. The molecular formula is C18H26ClN3O2. The summed E-state index contributed by atoms with van der Waals surface area (Å²) in [4.78, 5) is 26.9. The van der Waals surface area contributed by atoms with Crippen molar-refractivity contribution in [2.75, 3.05) is 19.6 Å². The summed E-state index contributed by atoms with van der Waals surface area (Å²) in [5.41, 5.74) is 1.00. The smallest absolute Gasteiger partial charge is 0.243 e. The van der Waals surface area contributed by atoms with E-state index in [-0.39, 0.29) is 36.3 Å². The first kappa shape index (κ1) is 18.7. The van der Waals surface area contributed by atoms with Crippen LogP contribution >= 0.6 is 12.4 Å². The Labute approximate surface area is 149 Å². The molecule has 2 unspecified atom stereocenters. The van der Waals surface area contributed by atoms with Crippen molar-refractivity contribution >= 4 is 24.2 Å². The predicted molar refractivity (Wildman–Crippen MR) is 96.2 cm³/mol. The molecule has 2 amide bonds. The van der Waals surface area contributed by atoms with E-state index in [2.05, 4.69) is 10.6 Å². The van der Waals surface area contributed by atoms with Crippen LogP contribution in [0.1, 0.15) is 31.2 Å². The summed E-state index contributed by atoms with van der Waals surface area (Å²) in [6, 6.07) is 9.63. The minimum absolute atomic E-state index is 0. The normalized spacial score (nSPS) is 23.4. The molecule has 2 fully saturated rings. The van der Waals surface area contributed by atoms with Gasteiger partial charge in [0.25, 0.3) is 0 Å². The van der Waals surface area contributed by atoms with Gasteiger partial charge >= 0.3 is 0 Å². The Morgan fingerprint density at radius 1 is 1.17 bits per heavy atom. The number of benzene rings is 1. The highest BCUT2D eigenvalue weighted by molar-refractivity contribution is 5.89. The fraction of sp³-hybridized carbons (Fsp3) is 0.556. The molecule has 6 heteroatoms. The third-order valence-corrected chi connectivity index (χ3v) is 4.72. The SMILES string of the molecule is Cl.O=C(NC1CCCNC1)C1CCCN1C(=O)Cc1ccccc1. The summed E-state index contributed by atoms with van der Waals surface area (Å²) < 4.78 is 0. The third kappa shape index (κ3) is 4.71. The Morgan fingerprint density at radius 3 is 2.67 bits per heavy atom. The Kier molecular flexibility index (Phi) is 7.06. The first-order valence-corrected chi connectivity index (χ1v) is 8.58. The van der Waals surface area contributed by atoms with Crippen LogP contribution in [0.3, 0.4) is 0 Å². The van der Waals surface area contributed by atoms with Crippen LogP contribution in [-0.2, 0) is 16.0 Å². The van der Waals surface area contributed by atoms with Gasteiger partial charge in [0.1, 0.15) is 6.04 Å². The van der Waals surface area contributed by atoms with Crippen LogP contribution in [0.15, 0.2) is 30.3 Å². The minimum atomic E-state index is -0.298. The predicted octanol–water partition coefficient (Wildman–Crippen LogP) is 1.51. The minimum Gasteiger partial charge on any atom is -0.350 e. The molecule has 0 aromatic heterocycles. The molecule has 132 valence electrons. The van der Waals surface area contributed by atoms with Crippen molar-refractivity contribution in [2.45, 2.75) is 44.2 Å². The Morgan fingerprint density at radius 2 is 1.96 bits per heavy atom. The second-order valence-corrected chi connectivity index (χ2v) is 6.46. The van der Waals surface area contributed by atoms with E-state index in [1.54, 1.807) is 4.90 Å². The molecule has 0 radical (unpaired) electrons. The molecule has 3 rings (SSSR count). The van der Waals surface area contributed by atoms with Crippen LogP contribution < -0.4 is 10.6 Å².